The van der Waals surface area contributed by atoms with Gasteiger partial charge in [-0.1, -0.05) is 205 Å². The lowest BCUT2D eigenvalue weighted by atomic mass is 9.94. The molecular weight excluding hydrogens is 1210 g/mol. The lowest BCUT2D eigenvalue weighted by molar-refractivity contribution is 0.139. The van der Waals surface area contributed by atoms with Crippen LogP contribution in [0.5, 0.6) is 0 Å². The van der Waals surface area contributed by atoms with Crippen LogP contribution in [0.3, 0.4) is 0 Å². The number of likely N-dealkylation sites (tertiary alicyclic amines) is 3. The van der Waals surface area contributed by atoms with Gasteiger partial charge in [-0.2, -0.15) is 0 Å². The van der Waals surface area contributed by atoms with E-state index in [9.17, 15) is 0 Å². The summed E-state index contributed by atoms with van der Waals surface area (Å²) in [6.45, 7) is 15.2. The highest BCUT2D eigenvalue weighted by atomic mass is 79.9. The Bertz CT molecular complexity index is 3980. The number of pyridine rings is 3. The second-order valence-corrected chi connectivity index (χ2v) is 26.8. The van der Waals surface area contributed by atoms with Crippen LogP contribution in [0.4, 0.5) is 5.82 Å². The summed E-state index contributed by atoms with van der Waals surface area (Å²) in [6.07, 6.45) is 17.1. The van der Waals surface area contributed by atoms with Crippen LogP contribution in [-0.4, -0.2) is 76.5 Å². The molecule has 14 rings (SSSR count). The first-order valence-corrected chi connectivity index (χ1v) is 35.0. The third-order valence-corrected chi connectivity index (χ3v) is 19.4. The van der Waals surface area contributed by atoms with E-state index in [4.69, 9.17) is 10.7 Å². The highest BCUT2D eigenvalue weighted by Gasteiger charge is 2.26. The zero-order valence-electron chi connectivity index (χ0n) is 55.7. The van der Waals surface area contributed by atoms with Crippen LogP contribution in [0.15, 0.2) is 253 Å². The van der Waals surface area contributed by atoms with Crippen molar-refractivity contribution in [1.82, 2.24) is 38.8 Å². The van der Waals surface area contributed by atoms with Crippen LogP contribution in [0, 0.1) is 27.7 Å². The predicted molar refractivity (Wildman–Crippen MR) is 394 cm³/mol. The van der Waals surface area contributed by atoms with Crippen LogP contribution < -0.4 is 5.73 Å². The van der Waals surface area contributed by atoms with Crippen molar-refractivity contribution in [3.8, 4) is 34.2 Å². The number of nitrogens with two attached hydrogens (primary N) is 1. The monoisotopic (exact) mass is 1310 g/mol. The quantitative estimate of drug-likeness (QED) is 0.103. The van der Waals surface area contributed by atoms with Crippen LogP contribution >= 0.6 is 15.9 Å². The van der Waals surface area contributed by atoms with Gasteiger partial charge >= 0.3 is 0 Å². The molecule has 3 aliphatic heterocycles. The van der Waals surface area contributed by atoms with E-state index >= 15 is 0 Å². The molecule has 11 aromatic rings. The van der Waals surface area contributed by atoms with Crippen molar-refractivity contribution < 1.29 is 0 Å². The Labute approximate surface area is 568 Å². The maximum absolute atomic E-state index is 5.81. The largest absolute Gasteiger partial charge is 0.384 e. The molecule has 0 radical (unpaired) electrons. The minimum Gasteiger partial charge on any atom is -0.384 e. The van der Waals surface area contributed by atoms with Gasteiger partial charge in [0.25, 0.3) is 0 Å². The van der Waals surface area contributed by atoms with Gasteiger partial charge in [-0.15, -0.1) is 0 Å². The van der Waals surface area contributed by atoms with E-state index in [1.54, 1.807) is 0 Å². The molecule has 10 heteroatoms. The van der Waals surface area contributed by atoms with Crippen molar-refractivity contribution in [2.75, 3.05) is 25.4 Å². The van der Waals surface area contributed by atoms with Crippen molar-refractivity contribution in [1.29, 1.82) is 0 Å². The van der Waals surface area contributed by atoms with Gasteiger partial charge in [-0.05, 0) is 211 Å². The van der Waals surface area contributed by atoms with E-state index in [1.807, 2.05) is 42.6 Å². The fourth-order valence-corrected chi connectivity index (χ4v) is 14.1. The minimum absolute atomic E-state index is 0.565. The number of halogens is 1. The molecule has 9 nitrogen and oxygen atoms in total. The third kappa shape index (κ3) is 19.1. The van der Waals surface area contributed by atoms with E-state index < -0.39 is 0 Å². The fourth-order valence-electron chi connectivity index (χ4n) is 13.9. The normalized spacial score (nSPS) is 16.8. The van der Waals surface area contributed by atoms with E-state index in [2.05, 4.69) is 284 Å². The van der Waals surface area contributed by atoms with Gasteiger partial charge in [0.2, 0.25) is 0 Å². The van der Waals surface area contributed by atoms with Crippen molar-refractivity contribution in [2.45, 2.75) is 143 Å². The Hall–Kier alpha value is -8.51. The molecule has 3 saturated heterocycles. The zero-order chi connectivity index (χ0) is 64.9. The Kier molecular flexibility index (Phi) is 24.3. The first-order valence-electron chi connectivity index (χ1n) is 34.2. The molecule has 0 spiro atoms. The Morgan fingerprint density at radius 3 is 1.11 bits per heavy atom. The summed E-state index contributed by atoms with van der Waals surface area (Å²) in [5.41, 5.74) is 23.4. The summed E-state index contributed by atoms with van der Waals surface area (Å²) in [4.78, 5) is 21.7. The van der Waals surface area contributed by atoms with Gasteiger partial charge in [-0.3, -0.25) is 14.7 Å². The molecule has 3 fully saturated rings. The topological polar surface area (TPSA) is 84.3 Å². The van der Waals surface area contributed by atoms with Crippen LogP contribution in [0.25, 0.3) is 34.2 Å². The Balaban J connectivity index is 0.000000134. The average Bonchev–Trinajstić information content (AvgIpc) is 1.80. The Morgan fingerprint density at radius 1 is 0.351 bits per heavy atom. The van der Waals surface area contributed by atoms with Crippen molar-refractivity contribution in [2.24, 2.45) is 0 Å². The minimum atomic E-state index is 0.565. The molecule has 5 aromatic heterocycles. The molecule has 8 heterocycles. The van der Waals surface area contributed by atoms with Crippen LogP contribution in [0.1, 0.15) is 114 Å². The standard InChI is InChI=1S/C30H33N3.C24H27N3.C19H22BrN.C11H12N2/c1-23-14-15-24(2)33(23)30-13-8-12-29(31-30)27-18-16-25(17-19-27)21-28-11-6-7-20-32(28)22-26-9-4-3-5-10-26;25-24-11-6-10-23(26-24)21-14-12-19(13-15-21)17-22-9-4-5-16-27(22)18-20-7-2-1-3-8-20;20-18-11-9-16(10-12-18)14-19-8-4-5-13-21(19)15-17-6-2-1-3-7-17;1-9-6-7-10(2)13(9)11-5-3-4-8-12-11/h3-5,8-10,12-19,28H,6-7,11,20-22H2,1-2H3;1-3,6-8,10-15,22H,4-5,9,16-18H2,(H2,25,26);1-3,6-7,9-12,19H,4-5,8,13-15H2;3-8H,1-2H3. The number of hydrogen-bond acceptors (Lipinski definition) is 7. The second-order valence-electron chi connectivity index (χ2n) is 25.9. The first kappa shape index (κ1) is 66.9. The molecule has 6 aromatic carbocycles. The number of hydrogen-bond donors (Lipinski definition) is 1. The molecule has 2 N–H and O–H groups in total. The first-order chi connectivity index (χ1) is 46.0. The third-order valence-electron chi connectivity index (χ3n) is 18.9. The summed E-state index contributed by atoms with van der Waals surface area (Å²) >= 11 is 3.52. The maximum atomic E-state index is 5.81. The number of aromatic nitrogens is 5. The highest BCUT2D eigenvalue weighted by molar-refractivity contribution is 9.10. The SMILES string of the molecule is Brc1ccc(CC2CCCCN2Cc2ccccc2)cc1.Cc1ccc(C)n1-c1cccc(-c2ccc(CC3CCCCN3Cc3ccccc3)cc2)n1.Cc1ccc(C)n1-c1ccccn1.Nc1cccc(-c2ccc(CC3CCCCN3Cc3ccccc3)cc2)n1. The van der Waals surface area contributed by atoms with E-state index in [-0.39, 0.29) is 0 Å². The van der Waals surface area contributed by atoms with Gasteiger partial charge in [0.15, 0.2) is 0 Å². The lowest BCUT2D eigenvalue weighted by Gasteiger charge is -2.36. The number of aryl methyl sites for hydroxylation is 4. The maximum Gasteiger partial charge on any atom is 0.137 e. The molecule has 0 aliphatic carbocycles. The number of nitrogen functional groups attached to an aromatic ring is 1. The van der Waals surface area contributed by atoms with Gasteiger partial charge < -0.3 is 14.9 Å². The van der Waals surface area contributed by atoms with Gasteiger partial charge in [0.05, 0.1) is 11.4 Å². The number of piperidine rings is 3. The summed E-state index contributed by atoms with van der Waals surface area (Å²) in [6, 6.07) is 87.7. The molecule has 482 valence electrons. The number of rotatable bonds is 16. The molecule has 0 bridgehead atoms. The Morgan fingerprint density at radius 2 is 0.713 bits per heavy atom. The fraction of sp³-hybridized carbons (Fsp3) is 0.298. The number of anilines is 1. The molecule has 3 atom stereocenters. The summed E-state index contributed by atoms with van der Waals surface area (Å²) < 4.78 is 5.51. The van der Waals surface area contributed by atoms with Gasteiger partial charge in [0, 0.05) is 82.3 Å². The highest BCUT2D eigenvalue weighted by Crippen LogP contribution is 2.29. The van der Waals surface area contributed by atoms with Gasteiger partial charge in [0.1, 0.15) is 17.5 Å². The smallest absolute Gasteiger partial charge is 0.137 e. The molecule has 3 aliphatic rings. The zero-order valence-corrected chi connectivity index (χ0v) is 57.3. The number of nitrogens with zero attached hydrogens (tertiary/aromatic N) is 8. The van der Waals surface area contributed by atoms with Crippen molar-refractivity contribution >= 4 is 21.7 Å². The lowest BCUT2D eigenvalue weighted by Crippen LogP contribution is -2.40. The summed E-state index contributed by atoms with van der Waals surface area (Å²) in [5.74, 6) is 2.54. The van der Waals surface area contributed by atoms with Crippen LogP contribution in [-0.2, 0) is 38.9 Å². The van der Waals surface area contributed by atoms with Crippen molar-refractivity contribution in [3.63, 3.8) is 0 Å². The molecule has 0 saturated carbocycles. The summed E-state index contributed by atoms with van der Waals surface area (Å²) in [5, 5.41) is 0. The predicted octanol–water partition coefficient (Wildman–Crippen LogP) is 19.2. The summed E-state index contributed by atoms with van der Waals surface area (Å²) in [7, 11) is 0. The van der Waals surface area contributed by atoms with E-state index in [1.165, 1.54) is 146 Å². The second kappa shape index (κ2) is 34.1. The van der Waals surface area contributed by atoms with Crippen LogP contribution in [0.2, 0.25) is 0 Å². The molecule has 0 amide bonds. The van der Waals surface area contributed by atoms with Crippen molar-refractivity contribution in [3.05, 3.63) is 309 Å². The molecular formula is C84H94BrN9. The number of benzene rings is 6. The van der Waals surface area contributed by atoms with E-state index in [0.717, 1.165) is 65.5 Å². The van der Waals surface area contributed by atoms with Gasteiger partial charge in [-0.25, -0.2) is 15.0 Å². The average molecular weight is 1310 g/mol. The van der Waals surface area contributed by atoms with E-state index in [0.29, 0.717) is 23.9 Å². The molecule has 94 heavy (non-hydrogen) atoms. The molecule has 3 unspecified atom stereocenters.